The summed E-state index contributed by atoms with van der Waals surface area (Å²) >= 11 is 5.85. The molecule has 1 aromatic rings. The molecule has 1 atom stereocenters. The van der Waals surface area contributed by atoms with Crippen LogP contribution in [0.5, 0.6) is 0 Å². The Morgan fingerprint density at radius 2 is 2.16 bits per heavy atom. The van der Waals surface area contributed by atoms with Crippen LogP contribution in [0.1, 0.15) is 6.42 Å². The number of benzene rings is 1. The molecule has 0 aromatic heterocycles. The molecular weight excluding hydrogens is 272 g/mol. The summed E-state index contributed by atoms with van der Waals surface area (Å²) in [6.07, 6.45) is 0.216. The summed E-state index contributed by atoms with van der Waals surface area (Å²) in [5, 5.41) is 20.8. The average molecular weight is 285 g/mol. The Kier molecular flexibility index (Phi) is 3.92. The normalized spacial score (nSPS) is 18.4. The zero-order chi connectivity index (χ0) is 14.0. The summed E-state index contributed by atoms with van der Waals surface area (Å²) in [6, 6.07) is 4.83. The predicted octanol–water partition coefficient (Wildman–Crippen LogP) is 0.934. The van der Waals surface area contributed by atoms with Gasteiger partial charge in [-0.15, -0.1) is 0 Å². The first kappa shape index (κ1) is 13.6. The maximum absolute atomic E-state index is 11.2. The third-order valence-electron chi connectivity index (χ3n) is 2.91. The molecule has 0 bridgehead atoms. The fourth-order valence-electron chi connectivity index (χ4n) is 2.02. The SMILES string of the molecule is O=C(O)C(=O)Nc1cc(Cl)ccc1N1CCC(O)C1. The smallest absolute Gasteiger partial charge is 0.394 e. The van der Waals surface area contributed by atoms with E-state index in [0.717, 1.165) is 0 Å². The van der Waals surface area contributed by atoms with Gasteiger partial charge in [0, 0.05) is 18.1 Å². The molecule has 1 unspecified atom stereocenters. The van der Waals surface area contributed by atoms with Gasteiger partial charge in [-0.25, -0.2) is 4.79 Å². The Labute approximate surface area is 114 Å². The summed E-state index contributed by atoms with van der Waals surface area (Å²) in [5.74, 6) is -2.68. The lowest BCUT2D eigenvalue weighted by atomic mass is 10.2. The second-order valence-corrected chi connectivity index (χ2v) is 4.75. The highest BCUT2D eigenvalue weighted by Crippen LogP contribution is 2.31. The van der Waals surface area contributed by atoms with Gasteiger partial charge in [-0.2, -0.15) is 0 Å². The highest BCUT2D eigenvalue weighted by Gasteiger charge is 2.23. The number of carbonyl (C=O) groups excluding carboxylic acids is 1. The largest absolute Gasteiger partial charge is 0.474 e. The van der Waals surface area contributed by atoms with E-state index < -0.39 is 18.0 Å². The van der Waals surface area contributed by atoms with Gasteiger partial charge in [0.25, 0.3) is 0 Å². The van der Waals surface area contributed by atoms with Gasteiger partial charge in [0.05, 0.1) is 17.5 Å². The van der Waals surface area contributed by atoms with E-state index in [4.69, 9.17) is 16.7 Å². The van der Waals surface area contributed by atoms with Crippen LogP contribution in [-0.4, -0.2) is 41.3 Å². The number of halogens is 1. The molecule has 1 aliphatic rings. The van der Waals surface area contributed by atoms with Crippen LogP contribution >= 0.6 is 11.6 Å². The summed E-state index contributed by atoms with van der Waals surface area (Å²) in [6.45, 7) is 1.08. The molecule has 7 heteroatoms. The molecule has 1 heterocycles. The number of anilines is 2. The Hall–Kier alpha value is -1.79. The van der Waals surface area contributed by atoms with Crippen LogP contribution in [0.2, 0.25) is 5.02 Å². The summed E-state index contributed by atoms with van der Waals surface area (Å²) in [4.78, 5) is 23.7. The number of aliphatic hydroxyl groups is 1. The van der Waals surface area contributed by atoms with E-state index in [1.165, 1.54) is 6.07 Å². The highest BCUT2D eigenvalue weighted by molar-refractivity contribution is 6.37. The number of hydrogen-bond acceptors (Lipinski definition) is 4. The van der Waals surface area contributed by atoms with E-state index in [1.807, 2.05) is 4.90 Å². The second kappa shape index (κ2) is 5.46. The number of carboxylic acid groups (broad SMARTS) is 1. The van der Waals surface area contributed by atoms with Crippen LogP contribution in [0.4, 0.5) is 11.4 Å². The monoisotopic (exact) mass is 284 g/mol. The number of rotatable bonds is 2. The molecule has 0 aliphatic carbocycles. The van der Waals surface area contributed by atoms with Crippen molar-refractivity contribution in [2.75, 3.05) is 23.3 Å². The Morgan fingerprint density at radius 1 is 1.42 bits per heavy atom. The molecule has 1 aromatic carbocycles. The van der Waals surface area contributed by atoms with Crippen molar-refractivity contribution in [2.24, 2.45) is 0 Å². The second-order valence-electron chi connectivity index (χ2n) is 4.31. The number of amides is 1. The first-order valence-corrected chi connectivity index (χ1v) is 6.12. The van der Waals surface area contributed by atoms with Crippen molar-refractivity contribution >= 4 is 34.9 Å². The lowest BCUT2D eigenvalue weighted by molar-refractivity contribution is -0.147. The van der Waals surface area contributed by atoms with E-state index in [1.54, 1.807) is 12.1 Å². The minimum Gasteiger partial charge on any atom is -0.474 e. The molecule has 2 rings (SSSR count). The number of hydrogen-bond donors (Lipinski definition) is 3. The van der Waals surface area contributed by atoms with Crippen molar-refractivity contribution in [3.8, 4) is 0 Å². The van der Waals surface area contributed by atoms with Gasteiger partial charge in [-0.1, -0.05) is 11.6 Å². The lowest BCUT2D eigenvalue weighted by Gasteiger charge is -2.21. The van der Waals surface area contributed by atoms with Gasteiger partial charge in [-0.05, 0) is 24.6 Å². The van der Waals surface area contributed by atoms with Crippen molar-refractivity contribution in [3.05, 3.63) is 23.2 Å². The molecule has 1 saturated heterocycles. The van der Waals surface area contributed by atoms with Crippen LogP contribution in [0.25, 0.3) is 0 Å². The molecule has 0 radical (unpaired) electrons. The minimum atomic E-state index is -1.56. The number of carboxylic acids is 1. The zero-order valence-electron chi connectivity index (χ0n) is 9.97. The van der Waals surface area contributed by atoms with Crippen molar-refractivity contribution in [3.63, 3.8) is 0 Å². The number of β-amino-alcohol motifs (C(OH)–C–C–N with tert-alkyl or cyclic N) is 1. The third kappa shape index (κ3) is 3.15. The molecule has 1 amide bonds. The van der Waals surface area contributed by atoms with Crippen molar-refractivity contribution < 1.29 is 19.8 Å². The van der Waals surface area contributed by atoms with Gasteiger partial charge in [0.15, 0.2) is 0 Å². The minimum absolute atomic E-state index is 0.328. The summed E-state index contributed by atoms with van der Waals surface area (Å²) in [5.41, 5.74) is 0.976. The number of aliphatic hydroxyl groups excluding tert-OH is 1. The third-order valence-corrected chi connectivity index (χ3v) is 3.14. The quantitative estimate of drug-likeness (QED) is 0.703. The highest BCUT2D eigenvalue weighted by atomic mass is 35.5. The lowest BCUT2D eigenvalue weighted by Crippen LogP contribution is -2.26. The maximum Gasteiger partial charge on any atom is 0.394 e. The molecule has 1 fully saturated rings. The van der Waals surface area contributed by atoms with Crippen molar-refractivity contribution in [2.45, 2.75) is 12.5 Å². The van der Waals surface area contributed by atoms with E-state index in [9.17, 15) is 14.7 Å². The number of carbonyl (C=O) groups is 2. The zero-order valence-corrected chi connectivity index (χ0v) is 10.7. The number of nitrogens with one attached hydrogen (secondary N) is 1. The molecule has 3 N–H and O–H groups in total. The van der Waals surface area contributed by atoms with Crippen LogP contribution in [-0.2, 0) is 9.59 Å². The number of aliphatic carboxylic acids is 1. The molecule has 0 spiro atoms. The van der Waals surface area contributed by atoms with Crippen molar-refractivity contribution in [1.29, 1.82) is 0 Å². The van der Waals surface area contributed by atoms with Gasteiger partial charge in [-0.3, -0.25) is 4.79 Å². The molecule has 19 heavy (non-hydrogen) atoms. The topological polar surface area (TPSA) is 89.9 Å². The Balaban J connectivity index is 2.27. The van der Waals surface area contributed by atoms with Gasteiger partial charge < -0.3 is 20.4 Å². The van der Waals surface area contributed by atoms with E-state index in [-0.39, 0.29) is 0 Å². The van der Waals surface area contributed by atoms with Gasteiger partial charge in [0.1, 0.15) is 0 Å². The number of nitrogens with zero attached hydrogens (tertiary/aromatic N) is 1. The molecular formula is C12H13ClN2O4. The van der Waals surface area contributed by atoms with Crippen LogP contribution in [0.15, 0.2) is 18.2 Å². The first-order valence-electron chi connectivity index (χ1n) is 5.74. The molecule has 102 valence electrons. The van der Waals surface area contributed by atoms with Gasteiger partial charge in [0.2, 0.25) is 0 Å². The molecule has 6 nitrogen and oxygen atoms in total. The fourth-order valence-corrected chi connectivity index (χ4v) is 2.19. The van der Waals surface area contributed by atoms with E-state index in [0.29, 0.717) is 35.9 Å². The van der Waals surface area contributed by atoms with Crippen LogP contribution < -0.4 is 10.2 Å². The first-order chi connectivity index (χ1) is 8.97. The fraction of sp³-hybridized carbons (Fsp3) is 0.333. The predicted molar refractivity (Wildman–Crippen MR) is 70.6 cm³/mol. The standard InChI is InChI=1S/C12H13ClN2O4/c13-7-1-2-10(15-4-3-8(16)6-15)9(5-7)14-11(17)12(18)19/h1-2,5,8,16H,3-4,6H2,(H,14,17)(H,18,19). The van der Waals surface area contributed by atoms with Crippen LogP contribution in [0.3, 0.4) is 0 Å². The Bertz CT molecular complexity index is 520. The molecule has 1 aliphatic heterocycles. The summed E-state index contributed by atoms with van der Waals surface area (Å²) < 4.78 is 0. The maximum atomic E-state index is 11.2. The Morgan fingerprint density at radius 3 is 2.74 bits per heavy atom. The van der Waals surface area contributed by atoms with E-state index >= 15 is 0 Å². The average Bonchev–Trinajstić information content (AvgIpc) is 2.75. The summed E-state index contributed by atoms with van der Waals surface area (Å²) in [7, 11) is 0. The molecule has 0 saturated carbocycles. The van der Waals surface area contributed by atoms with Crippen LogP contribution in [0, 0.1) is 0 Å². The van der Waals surface area contributed by atoms with E-state index in [2.05, 4.69) is 5.32 Å². The van der Waals surface area contributed by atoms with Crippen molar-refractivity contribution in [1.82, 2.24) is 0 Å². The van der Waals surface area contributed by atoms with Gasteiger partial charge >= 0.3 is 11.9 Å².